The van der Waals surface area contributed by atoms with Crippen LogP contribution in [-0.2, 0) is 9.59 Å². The van der Waals surface area contributed by atoms with Crippen molar-refractivity contribution in [2.75, 3.05) is 10.6 Å². The molecule has 144 valence electrons. The van der Waals surface area contributed by atoms with Crippen LogP contribution in [0.15, 0.2) is 29.3 Å². The van der Waals surface area contributed by atoms with Crippen LogP contribution in [0.2, 0.25) is 0 Å². The van der Waals surface area contributed by atoms with Crippen LogP contribution in [-0.4, -0.2) is 22.0 Å². The molecular weight excluding hydrogens is 386 g/mol. The molecule has 7 nitrogen and oxygen atoms in total. The summed E-state index contributed by atoms with van der Waals surface area (Å²) in [6.07, 6.45) is 1.79. The lowest BCUT2D eigenvalue weighted by Gasteiger charge is -2.16. The van der Waals surface area contributed by atoms with E-state index in [0.717, 1.165) is 30.2 Å². The SMILES string of the molecule is Cc1cccc(N2C(=O)C[C@@H](Sc3nc(N)c(C#N)c(C4CC4)c3C#N)C2=O)c1. The van der Waals surface area contributed by atoms with Gasteiger partial charge in [0.25, 0.3) is 0 Å². The molecular formula is C21H17N5O2S. The van der Waals surface area contributed by atoms with Gasteiger partial charge in [-0.1, -0.05) is 23.9 Å². The summed E-state index contributed by atoms with van der Waals surface area (Å²) in [6.45, 7) is 1.89. The number of carbonyl (C=O) groups excluding carboxylic acids is 2. The van der Waals surface area contributed by atoms with E-state index in [2.05, 4.69) is 17.1 Å². The largest absolute Gasteiger partial charge is 0.383 e. The van der Waals surface area contributed by atoms with Gasteiger partial charge >= 0.3 is 0 Å². The van der Waals surface area contributed by atoms with Crippen LogP contribution < -0.4 is 10.6 Å². The van der Waals surface area contributed by atoms with E-state index in [1.165, 1.54) is 4.90 Å². The molecule has 4 rings (SSSR count). The third-order valence-electron chi connectivity index (χ3n) is 5.06. The second kappa shape index (κ2) is 7.23. The molecule has 1 aliphatic carbocycles. The molecule has 0 bridgehead atoms. The van der Waals surface area contributed by atoms with E-state index in [1.807, 2.05) is 13.0 Å². The fraction of sp³-hybridized carbons (Fsp3) is 0.286. The van der Waals surface area contributed by atoms with Gasteiger partial charge < -0.3 is 5.73 Å². The van der Waals surface area contributed by atoms with Crippen LogP contribution in [0.4, 0.5) is 11.5 Å². The second-order valence-corrected chi connectivity index (χ2v) is 8.37. The Morgan fingerprint density at radius 2 is 1.93 bits per heavy atom. The maximum Gasteiger partial charge on any atom is 0.247 e. The van der Waals surface area contributed by atoms with Gasteiger partial charge in [0.1, 0.15) is 23.0 Å². The van der Waals surface area contributed by atoms with Crippen LogP contribution in [0.5, 0.6) is 0 Å². The van der Waals surface area contributed by atoms with Crippen molar-refractivity contribution in [1.82, 2.24) is 4.98 Å². The lowest BCUT2D eigenvalue weighted by molar-refractivity contribution is -0.121. The first kappa shape index (κ1) is 19.0. The van der Waals surface area contributed by atoms with Gasteiger partial charge in [0.2, 0.25) is 11.8 Å². The Kier molecular flexibility index (Phi) is 4.73. The fourth-order valence-corrected chi connectivity index (χ4v) is 4.69. The minimum absolute atomic E-state index is 0.0165. The van der Waals surface area contributed by atoms with Gasteiger partial charge in [-0.25, -0.2) is 9.88 Å². The number of nitrogens with two attached hydrogens (primary N) is 1. The molecule has 0 radical (unpaired) electrons. The predicted octanol–water partition coefficient (Wildman–Crippen LogP) is 3.02. The van der Waals surface area contributed by atoms with E-state index >= 15 is 0 Å². The maximum atomic E-state index is 13.0. The van der Waals surface area contributed by atoms with Crippen molar-refractivity contribution in [2.24, 2.45) is 0 Å². The summed E-state index contributed by atoms with van der Waals surface area (Å²) in [5, 5.41) is 18.8. The third-order valence-corrected chi connectivity index (χ3v) is 6.23. The Hall–Kier alpha value is -3.36. The number of anilines is 2. The number of carbonyl (C=O) groups is 2. The molecule has 2 aromatic rings. The van der Waals surface area contributed by atoms with Crippen LogP contribution >= 0.6 is 11.8 Å². The second-order valence-electron chi connectivity index (χ2n) is 7.18. The summed E-state index contributed by atoms with van der Waals surface area (Å²) in [5.74, 6) is -0.454. The summed E-state index contributed by atoms with van der Waals surface area (Å²) in [6, 6.07) is 11.4. The van der Waals surface area contributed by atoms with Crippen LogP contribution in [0.1, 0.15) is 47.4 Å². The minimum atomic E-state index is -0.693. The van der Waals surface area contributed by atoms with E-state index < -0.39 is 5.25 Å². The number of benzene rings is 1. The molecule has 29 heavy (non-hydrogen) atoms. The average molecular weight is 403 g/mol. The molecule has 0 spiro atoms. The summed E-state index contributed by atoms with van der Waals surface area (Å²) >= 11 is 1.07. The highest BCUT2D eigenvalue weighted by Crippen LogP contribution is 2.46. The molecule has 2 N–H and O–H groups in total. The molecule has 2 fully saturated rings. The summed E-state index contributed by atoms with van der Waals surface area (Å²) in [7, 11) is 0. The van der Waals surface area contributed by atoms with Gasteiger partial charge in [0, 0.05) is 6.42 Å². The Balaban J connectivity index is 1.69. The molecule has 1 aromatic carbocycles. The average Bonchev–Trinajstić information content (AvgIpc) is 3.48. The lowest BCUT2D eigenvalue weighted by Crippen LogP contribution is -2.31. The van der Waals surface area contributed by atoms with Gasteiger partial charge in [-0.15, -0.1) is 0 Å². The highest BCUT2D eigenvalue weighted by Gasteiger charge is 2.41. The van der Waals surface area contributed by atoms with Crippen LogP contribution in [0.3, 0.4) is 0 Å². The fourth-order valence-electron chi connectivity index (χ4n) is 3.56. The molecule has 2 aliphatic rings. The number of aryl methyl sites for hydroxylation is 1. The molecule has 1 saturated carbocycles. The first-order chi connectivity index (χ1) is 13.9. The van der Waals surface area contributed by atoms with E-state index in [1.54, 1.807) is 18.2 Å². The Morgan fingerprint density at radius 1 is 1.21 bits per heavy atom. The number of thioether (sulfide) groups is 1. The van der Waals surface area contributed by atoms with E-state index in [4.69, 9.17) is 5.73 Å². The van der Waals surface area contributed by atoms with Crippen molar-refractivity contribution in [3.05, 3.63) is 46.5 Å². The quantitative estimate of drug-likeness (QED) is 0.778. The molecule has 0 unspecified atom stereocenters. The first-order valence-corrected chi connectivity index (χ1v) is 10.1. The zero-order chi connectivity index (χ0) is 20.7. The zero-order valence-electron chi connectivity index (χ0n) is 15.7. The molecule has 1 aromatic heterocycles. The summed E-state index contributed by atoms with van der Waals surface area (Å²) in [4.78, 5) is 30.9. The van der Waals surface area contributed by atoms with Crippen molar-refractivity contribution in [1.29, 1.82) is 10.5 Å². The molecule has 1 aliphatic heterocycles. The highest BCUT2D eigenvalue weighted by molar-refractivity contribution is 8.00. The van der Waals surface area contributed by atoms with Gasteiger partial charge in [0.05, 0.1) is 22.1 Å². The van der Waals surface area contributed by atoms with Crippen LogP contribution in [0.25, 0.3) is 0 Å². The number of hydrogen-bond acceptors (Lipinski definition) is 7. The van der Waals surface area contributed by atoms with E-state index in [9.17, 15) is 20.1 Å². The normalized spacial score (nSPS) is 18.6. The number of nitrogens with zero attached hydrogens (tertiary/aromatic N) is 4. The van der Waals surface area contributed by atoms with Gasteiger partial charge in [-0.3, -0.25) is 9.59 Å². The highest BCUT2D eigenvalue weighted by atomic mass is 32.2. The molecule has 1 atom stereocenters. The maximum absolute atomic E-state index is 13.0. The summed E-state index contributed by atoms with van der Waals surface area (Å²) < 4.78 is 0. The Morgan fingerprint density at radius 3 is 2.55 bits per heavy atom. The number of rotatable bonds is 4. The van der Waals surface area contributed by atoms with E-state index in [-0.39, 0.29) is 41.1 Å². The van der Waals surface area contributed by atoms with Gasteiger partial charge in [-0.2, -0.15) is 10.5 Å². The topological polar surface area (TPSA) is 124 Å². The smallest absolute Gasteiger partial charge is 0.247 e. The number of nitriles is 2. The van der Waals surface area contributed by atoms with Crippen molar-refractivity contribution in [3.63, 3.8) is 0 Å². The third kappa shape index (κ3) is 3.32. The standard InChI is InChI=1S/C21H17N5O2S/c1-11-3-2-4-13(7-11)26-17(27)8-16(21(26)28)29-20-15(10-23)18(12-5-6-12)14(9-22)19(24)25-20/h2-4,7,12,16H,5-6,8H2,1H3,(H2,24,25)/t16-/m1/s1. The van der Waals surface area contributed by atoms with Gasteiger partial charge in [-0.05, 0) is 48.9 Å². The number of imide groups is 1. The number of aromatic nitrogens is 1. The van der Waals surface area contributed by atoms with Crippen molar-refractivity contribution in [2.45, 2.75) is 42.4 Å². The molecule has 2 heterocycles. The lowest BCUT2D eigenvalue weighted by atomic mass is 10.0. The predicted molar refractivity (Wildman–Crippen MR) is 108 cm³/mol. The minimum Gasteiger partial charge on any atom is -0.383 e. The molecule has 8 heteroatoms. The number of amides is 2. The number of hydrogen-bond donors (Lipinski definition) is 1. The first-order valence-electron chi connectivity index (χ1n) is 9.18. The van der Waals surface area contributed by atoms with Crippen molar-refractivity contribution in [3.8, 4) is 12.1 Å². The zero-order valence-corrected chi connectivity index (χ0v) is 16.5. The van der Waals surface area contributed by atoms with Crippen LogP contribution in [0, 0.1) is 29.6 Å². The molecule has 1 saturated heterocycles. The van der Waals surface area contributed by atoms with Crippen molar-refractivity contribution >= 4 is 35.1 Å². The van der Waals surface area contributed by atoms with E-state index in [0.29, 0.717) is 16.3 Å². The summed E-state index contributed by atoms with van der Waals surface area (Å²) in [5.41, 5.74) is 8.61. The number of nitrogen functional groups attached to an aromatic ring is 1. The molecule has 2 amide bonds. The Labute approximate surface area is 172 Å². The van der Waals surface area contributed by atoms with Gasteiger partial charge in [0.15, 0.2) is 0 Å². The monoisotopic (exact) mass is 403 g/mol. The van der Waals surface area contributed by atoms with Crippen molar-refractivity contribution < 1.29 is 9.59 Å². The Bertz CT molecular complexity index is 1130. The number of pyridine rings is 1.